The lowest BCUT2D eigenvalue weighted by Crippen LogP contribution is -2.35. The summed E-state index contributed by atoms with van der Waals surface area (Å²) in [6, 6.07) is 8.17. The molecule has 116 valence electrons. The molecule has 0 saturated heterocycles. The van der Waals surface area contributed by atoms with E-state index in [0.717, 1.165) is 21.2 Å². The summed E-state index contributed by atoms with van der Waals surface area (Å²) in [5, 5.41) is 0. The van der Waals surface area contributed by atoms with Crippen molar-refractivity contribution < 1.29 is 0 Å². The van der Waals surface area contributed by atoms with Crippen molar-refractivity contribution >= 4 is 22.6 Å². The van der Waals surface area contributed by atoms with E-state index in [0.29, 0.717) is 5.92 Å². The molecule has 2 aromatic rings. The first-order valence-electron chi connectivity index (χ1n) is 7.87. The van der Waals surface area contributed by atoms with Crippen LogP contribution in [0.15, 0.2) is 29.1 Å². The number of benzene rings is 1. The standard InChI is InChI=1S/C18H21IN2O/c1-17(2)13-8-9-18(17,3)15-14(13)16(22)21(20(15)4)12-7-5-6-11(19)10-12/h5-7,10,13H,8-9H2,1-4H3/t13?,18-/m0/s1. The molecule has 22 heavy (non-hydrogen) atoms. The monoisotopic (exact) mass is 408 g/mol. The van der Waals surface area contributed by atoms with Gasteiger partial charge in [0.15, 0.2) is 0 Å². The zero-order valence-corrected chi connectivity index (χ0v) is 15.6. The Morgan fingerprint density at radius 3 is 2.64 bits per heavy atom. The van der Waals surface area contributed by atoms with E-state index in [-0.39, 0.29) is 16.4 Å². The zero-order valence-electron chi connectivity index (χ0n) is 13.5. The predicted octanol–water partition coefficient (Wildman–Crippen LogP) is 3.96. The van der Waals surface area contributed by atoms with E-state index in [2.05, 4.69) is 60.2 Å². The number of rotatable bonds is 1. The van der Waals surface area contributed by atoms with Crippen molar-refractivity contribution in [2.24, 2.45) is 12.5 Å². The Bertz CT molecular complexity index is 845. The number of fused-ring (bicyclic) bond motifs is 5. The van der Waals surface area contributed by atoms with Crippen LogP contribution in [0.5, 0.6) is 0 Å². The summed E-state index contributed by atoms with van der Waals surface area (Å²) < 4.78 is 5.13. The van der Waals surface area contributed by atoms with Gasteiger partial charge in [0.2, 0.25) is 0 Å². The van der Waals surface area contributed by atoms with Gasteiger partial charge >= 0.3 is 0 Å². The molecule has 0 N–H and O–H groups in total. The first-order valence-corrected chi connectivity index (χ1v) is 8.95. The molecule has 0 amide bonds. The lowest BCUT2D eigenvalue weighted by Gasteiger charge is -2.36. The van der Waals surface area contributed by atoms with Crippen molar-refractivity contribution in [1.29, 1.82) is 0 Å². The highest BCUT2D eigenvalue weighted by molar-refractivity contribution is 14.1. The summed E-state index contributed by atoms with van der Waals surface area (Å²) in [5.41, 5.74) is 3.76. The van der Waals surface area contributed by atoms with Crippen LogP contribution < -0.4 is 5.56 Å². The normalized spacial score (nSPS) is 28.1. The summed E-state index contributed by atoms with van der Waals surface area (Å²) in [5.74, 6) is 0.398. The van der Waals surface area contributed by atoms with E-state index in [1.807, 2.05) is 23.9 Å². The molecular formula is C18H21IN2O. The largest absolute Gasteiger partial charge is 0.284 e. The van der Waals surface area contributed by atoms with E-state index in [1.165, 1.54) is 12.1 Å². The maximum atomic E-state index is 13.2. The molecular weight excluding hydrogens is 387 g/mol. The second-order valence-electron chi connectivity index (χ2n) is 7.53. The average molecular weight is 408 g/mol. The molecule has 2 aliphatic rings. The highest BCUT2D eigenvalue weighted by atomic mass is 127. The number of hydrogen-bond acceptors (Lipinski definition) is 1. The molecule has 2 aliphatic carbocycles. The third kappa shape index (κ3) is 1.49. The Labute approximate surface area is 144 Å². The minimum Gasteiger partial charge on any atom is -0.284 e. The van der Waals surface area contributed by atoms with Crippen LogP contribution in [0.1, 0.15) is 50.8 Å². The fourth-order valence-corrected chi connectivity index (χ4v) is 5.45. The molecule has 1 aromatic heterocycles. The van der Waals surface area contributed by atoms with Gasteiger partial charge in [0, 0.05) is 21.6 Å². The molecule has 0 aliphatic heterocycles. The molecule has 0 radical (unpaired) electrons. The molecule has 0 spiro atoms. The number of halogens is 1. The Balaban J connectivity index is 2.03. The Hall–Kier alpha value is -1.04. The highest BCUT2D eigenvalue weighted by Gasteiger charge is 2.62. The van der Waals surface area contributed by atoms with E-state index in [9.17, 15) is 4.79 Å². The molecule has 2 bridgehead atoms. The maximum absolute atomic E-state index is 13.2. The van der Waals surface area contributed by atoms with E-state index in [4.69, 9.17) is 0 Å². The smallest absolute Gasteiger partial charge is 0.275 e. The lowest BCUT2D eigenvalue weighted by molar-refractivity contribution is 0.218. The van der Waals surface area contributed by atoms with E-state index >= 15 is 0 Å². The lowest BCUT2D eigenvalue weighted by atomic mass is 9.70. The molecule has 2 atom stereocenters. The van der Waals surface area contributed by atoms with Crippen LogP contribution in [0.2, 0.25) is 0 Å². The number of aromatic nitrogens is 2. The molecule has 4 heteroatoms. The van der Waals surface area contributed by atoms with Crippen molar-refractivity contribution in [3.05, 3.63) is 49.4 Å². The third-order valence-electron chi connectivity index (χ3n) is 6.45. The van der Waals surface area contributed by atoms with Gasteiger partial charge in [-0.2, -0.15) is 0 Å². The molecule has 3 nitrogen and oxygen atoms in total. The van der Waals surface area contributed by atoms with Crippen molar-refractivity contribution in [3.8, 4) is 5.69 Å². The summed E-state index contributed by atoms with van der Waals surface area (Å²) in [4.78, 5) is 13.2. The number of nitrogens with zero attached hydrogens (tertiary/aromatic N) is 2. The first-order chi connectivity index (χ1) is 10.3. The Morgan fingerprint density at radius 1 is 1.27 bits per heavy atom. The SMILES string of the molecule is Cn1c2c(c(=O)n1-c1cccc(I)c1)C1CC[C@]2(C)C1(C)C. The van der Waals surface area contributed by atoms with Gasteiger partial charge in [0.25, 0.3) is 5.56 Å². The first kappa shape index (κ1) is 14.5. The minimum atomic E-state index is 0.105. The summed E-state index contributed by atoms with van der Waals surface area (Å²) in [7, 11) is 2.04. The van der Waals surface area contributed by atoms with Crippen LogP contribution in [0, 0.1) is 8.99 Å². The molecule has 1 heterocycles. The predicted molar refractivity (Wildman–Crippen MR) is 96.8 cm³/mol. The maximum Gasteiger partial charge on any atom is 0.275 e. The van der Waals surface area contributed by atoms with Gasteiger partial charge in [0.1, 0.15) is 0 Å². The fraction of sp³-hybridized carbons (Fsp3) is 0.500. The highest BCUT2D eigenvalue weighted by Crippen LogP contribution is 2.66. The van der Waals surface area contributed by atoms with Crippen LogP contribution in [0.3, 0.4) is 0 Å². The van der Waals surface area contributed by atoms with E-state index < -0.39 is 0 Å². The van der Waals surface area contributed by atoms with Gasteiger partial charge in [-0.05, 0) is 65.0 Å². The van der Waals surface area contributed by atoms with Gasteiger partial charge in [-0.15, -0.1) is 0 Å². The van der Waals surface area contributed by atoms with Gasteiger partial charge in [-0.25, -0.2) is 4.68 Å². The summed E-state index contributed by atoms with van der Waals surface area (Å²) in [6.45, 7) is 7.01. The fourth-order valence-electron chi connectivity index (χ4n) is 4.92. The van der Waals surface area contributed by atoms with Crippen LogP contribution in [0.25, 0.3) is 5.69 Å². The molecule has 1 saturated carbocycles. The van der Waals surface area contributed by atoms with Crippen molar-refractivity contribution in [1.82, 2.24) is 9.36 Å². The van der Waals surface area contributed by atoms with Crippen LogP contribution in [0.4, 0.5) is 0 Å². The second-order valence-corrected chi connectivity index (χ2v) is 8.77. The number of hydrogen-bond donors (Lipinski definition) is 0. The van der Waals surface area contributed by atoms with Gasteiger partial charge in [0.05, 0.1) is 11.4 Å². The second kappa shape index (κ2) is 4.28. The summed E-state index contributed by atoms with van der Waals surface area (Å²) >= 11 is 2.30. The van der Waals surface area contributed by atoms with Crippen molar-refractivity contribution in [3.63, 3.8) is 0 Å². The third-order valence-corrected chi connectivity index (χ3v) is 7.12. The van der Waals surface area contributed by atoms with Crippen LogP contribution in [-0.2, 0) is 12.5 Å². The quantitative estimate of drug-likeness (QED) is 0.657. The summed E-state index contributed by atoms with van der Waals surface area (Å²) in [6.07, 6.45) is 2.32. The zero-order chi connectivity index (χ0) is 15.9. The van der Waals surface area contributed by atoms with Crippen LogP contribution in [-0.4, -0.2) is 9.36 Å². The molecule has 4 rings (SSSR count). The molecule has 1 aromatic carbocycles. The molecule has 1 fully saturated rings. The Morgan fingerprint density at radius 2 is 2.00 bits per heavy atom. The van der Waals surface area contributed by atoms with Crippen LogP contribution >= 0.6 is 22.6 Å². The minimum absolute atomic E-state index is 0.105. The van der Waals surface area contributed by atoms with Gasteiger partial charge in [-0.1, -0.05) is 26.8 Å². The van der Waals surface area contributed by atoms with Gasteiger partial charge in [-0.3, -0.25) is 9.48 Å². The Kier molecular flexibility index (Phi) is 2.83. The average Bonchev–Trinajstić information content (AvgIpc) is 2.91. The van der Waals surface area contributed by atoms with E-state index in [1.54, 1.807) is 0 Å². The topological polar surface area (TPSA) is 26.9 Å². The van der Waals surface area contributed by atoms with Crippen molar-refractivity contribution in [2.45, 2.75) is 44.9 Å². The van der Waals surface area contributed by atoms with Gasteiger partial charge < -0.3 is 0 Å². The molecule has 1 unspecified atom stereocenters. The van der Waals surface area contributed by atoms with Crippen molar-refractivity contribution in [2.75, 3.05) is 0 Å².